The Morgan fingerprint density at radius 2 is 1.57 bits per heavy atom. The molecule has 0 aliphatic rings. The van der Waals surface area contributed by atoms with E-state index in [2.05, 4.69) is 20.6 Å². The molecule has 0 saturated carbocycles. The number of carbonyl (C=O) groups is 1. The van der Waals surface area contributed by atoms with Gasteiger partial charge in [-0.05, 0) is 36.4 Å². The molecule has 5 aromatic rings. The molecule has 3 N–H and O–H groups in total. The number of alkyl halides is 2. The quantitative estimate of drug-likeness (QED) is 0.364. The van der Waals surface area contributed by atoms with Crippen molar-refractivity contribution in [3.8, 4) is 17.1 Å². The molecule has 0 spiro atoms. The molecule has 174 valence electrons. The molecule has 10 heteroatoms. The molecule has 0 unspecified atom stereocenters. The molecule has 0 aliphatic carbocycles. The molecular weight excluding hydrogens is 454 g/mol. The maximum atomic E-state index is 15.0. The van der Waals surface area contributed by atoms with Gasteiger partial charge < -0.3 is 15.5 Å². The molecule has 0 bridgehead atoms. The minimum absolute atomic E-state index is 0.0104. The third-order valence-electron chi connectivity index (χ3n) is 5.22. The number of carbonyl (C=O) groups excluding carboxylic acids is 1. The Balaban J connectivity index is 1.32. The van der Waals surface area contributed by atoms with Gasteiger partial charge in [-0.25, -0.2) is 4.68 Å². The summed E-state index contributed by atoms with van der Waals surface area (Å²) in [5, 5.41) is 14.1. The summed E-state index contributed by atoms with van der Waals surface area (Å²) < 4.78 is 36.7. The van der Waals surface area contributed by atoms with Crippen molar-refractivity contribution in [2.24, 2.45) is 0 Å². The predicted octanol–water partition coefficient (Wildman–Crippen LogP) is 4.90. The second-order valence-electron chi connectivity index (χ2n) is 7.60. The molecule has 5 rings (SSSR count). The number of nitrogens with one attached hydrogen (secondary N) is 1. The summed E-state index contributed by atoms with van der Waals surface area (Å²) in [5.41, 5.74) is 7.28. The van der Waals surface area contributed by atoms with E-state index in [1.807, 2.05) is 30.3 Å². The fourth-order valence-corrected chi connectivity index (χ4v) is 3.38. The maximum absolute atomic E-state index is 15.0. The third-order valence-corrected chi connectivity index (χ3v) is 5.22. The lowest BCUT2D eigenvalue weighted by Crippen LogP contribution is -2.17. The van der Waals surface area contributed by atoms with Crippen LogP contribution < -0.4 is 11.1 Å². The largest absolute Gasteiger partial charge is 0.415 e. The van der Waals surface area contributed by atoms with Gasteiger partial charge in [0, 0.05) is 16.7 Å². The average Bonchev–Trinajstić information content (AvgIpc) is 3.53. The molecule has 8 nitrogen and oxygen atoms in total. The van der Waals surface area contributed by atoms with E-state index in [0.29, 0.717) is 5.56 Å². The number of nitrogens with two attached hydrogens (primary N) is 1. The summed E-state index contributed by atoms with van der Waals surface area (Å²) in [7, 11) is 0. The van der Waals surface area contributed by atoms with Gasteiger partial charge in [0.05, 0.1) is 17.6 Å². The first-order valence-electron chi connectivity index (χ1n) is 10.5. The van der Waals surface area contributed by atoms with Crippen molar-refractivity contribution < 1.29 is 18.0 Å². The highest BCUT2D eigenvalue weighted by atomic mass is 19.3. The number of aromatic nitrogens is 4. The van der Waals surface area contributed by atoms with E-state index in [0.717, 1.165) is 17.8 Å². The number of hydrogen-bond donors (Lipinski definition) is 2. The van der Waals surface area contributed by atoms with Crippen molar-refractivity contribution in [3.05, 3.63) is 108 Å². The van der Waals surface area contributed by atoms with E-state index in [9.17, 15) is 13.6 Å². The first-order valence-corrected chi connectivity index (χ1v) is 10.5. The smallest absolute Gasteiger partial charge is 0.349 e. The number of nitrogen functional groups attached to an aromatic ring is 1. The van der Waals surface area contributed by atoms with Crippen molar-refractivity contribution in [1.29, 1.82) is 0 Å². The van der Waals surface area contributed by atoms with Gasteiger partial charge in [-0.15, -0.1) is 15.3 Å². The monoisotopic (exact) mass is 472 g/mol. The predicted molar refractivity (Wildman–Crippen MR) is 125 cm³/mol. The SMILES string of the molecule is Nc1cn(-c2ccccc2)nc1NC(=O)c1ccc(C(F)(F)c2nnc(-c3ccccc3)o2)cc1. The summed E-state index contributed by atoms with van der Waals surface area (Å²) >= 11 is 0. The number of amides is 1. The van der Waals surface area contributed by atoms with Crippen LogP contribution >= 0.6 is 0 Å². The van der Waals surface area contributed by atoms with Crippen LogP contribution in [0.1, 0.15) is 21.8 Å². The highest BCUT2D eigenvalue weighted by Crippen LogP contribution is 2.36. The first kappa shape index (κ1) is 22.0. The summed E-state index contributed by atoms with van der Waals surface area (Å²) in [5.74, 6) is -4.79. The standard InChI is InChI=1S/C25H18F2N6O2/c26-25(27,24-31-30-23(35-24)17-7-3-1-4-8-17)18-13-11-16(12-14-18)22(34)29-21-20(28)15-33(32-21)19-9-5-2-6-10-19/h1-15H,28H2,(H,29,32,34). The van der Waals surface area contributed by atoms with Gasteiger partial charge in [0.15, 0.2) is 5.82 Å². The van der Waals surface area contributed by atoms with Crippen molar-refractivity contribution in [2.75, 3.05) is 11.1 Å². The molecule has 1 amide bonds. The van der Waals surface area contributed by atoms with Gasteiger partial charge in [0.2, 0.25) is 5.89 Å². The second kappa shape index (κ2) is 8.82. The summed E-state index contributed by atoms with van der Waals surface area (Å²) in [6, 6.07) is 22.7. The average molecular weight is 472 g/mol. The van der Waals surface area contributed by atoms with Crippen LogP contribution in [0.15, 0.2) is 95.5 Å². The van der Waals surface area contributed by atoms with Crippen LogP contribution in [-0.4, -0.2) is 25.9 Å². The maximum Gasteiger partial charge on any atom is 0.349 e. The molecule has 0 aliphatic heterocycles. The van der Waals surface area contributed by atoms with Gasteiger partial charge in [0.1, 0.15) is 0 Å². The number of benzene rings is 3. The second-order valence-corrected chi connectivity index (χ2v) is 7.60. The Morgan fingerprint density at radius 1 is 0.914 bits per heavy atom. The molecule has 2 heterocycles. The van der Waals surface area contributed by atoms with Gasteiger partial charge in [-0.1, -0.05) is 48.5 Å². The minimum atomic E-state index is -3.55. The van der Waals surface area contributed by atoms with E-state index in [1.165, 1.54) is 16.8 Å². The topological polar surface area (TPSA) is 112 Å². The molecule has 2 aromatic heterocycles. The Hall–Kier alpha value is -4.86. The fraction of sp³-hybridized carbons (Fsp3) is 0.0400. The molecule has 0 saturated heterocycles. The van der Waals surface area contributed by atoms with Crippen molar-refractivity contribution in [3.63, 3.8) is 0 Å². The summed E-state index contributed by atoms with van der Waals surface area (Å²) in [6.45, 7) is 0. The Labute approximate surface area is 198 Å². The molecule has 3 aromatic carbocycles. The number of para-hydroxylation sites is 1. The Morgan fingerprint density at radius 3 is 2.26 bits per heavy atom. The van der Waals surface area contributed by atoms with Crippen LogP contribution in [0.5, 0.6) is 0 Å². The van der Waals surface area contributed by atoms with Crippen LogP contribution in [0.2, 0.25) is 0 Å². The van der Waals surface area contributed by atoms with E-state index < -0.39 is 23.3 Å². The van der Waals surface area contributed by atoms with Gasteiger partial charge in [-0.2, -0.15) is 8.78 Å². The molecule has 35 heavy (non-hydrogen) atoms. The van der Waals surface area contributed by atoms with Crippen molar-refractivity contribution in [2.45, 2.75) is 5.92 Å². The number of hydrogen-bond acceptors (Lipinski definition) is 6. The highest BCUT2D eigenvalue weighted by Gasteiger charge is 2.40. The van der Waals surface area contributed by atoms with E-state index >= 15 is 0 Å². The van der Waals surface area contributed by atoms with Gasteiger partial charge in [0.25, 0.3) is 11.8 Å². The van der Waals surface area contributed by atoms with E-state index in [-0.39, 0.29) is 23.0 Å². The number of anilines is 2. The van der Waals surface area contributed by atoms with Crippen molar-refractivity contribution >= 4 is 17.4 Å². The first-order chi connectivity index (χ1) is 16.9. The zero-order valence-corrected chi connectivity index (χ0v) is 18.1. The van der Waals surface area contributed by atoms with Crippen molar-refractivity contribution in [1.82, 2.24) is 20.0 Å². The highest BCUT2D eigenvalue weighted by molar-refractivity contribution is 6.05. The Kier molecular flexibility index (Phi) is 5.54. The zero-order chi connectivity index (χ0) is 24.4. The number of halogens is 2. The lowest BCUT2D eigenvalue weighted by molar-refractivity contribution is 0.0135. The number of nitrogens with zero attached hydrogens (tertiary/aromatic N) is 4. The lowest BCUT2D eigenvalue weighted by atomic mass is 10.1. The summed E-state index contributed by atoms with van der Waals surface area (Å²) in [6.07, 6.45) is 1.57. The lowest BCUT2D eigenvalue weighted by Gasteiger charge is -2.12. The minimum Gasteiger partial charge on any atom is -0.415 e. The molecule has 0 radical (unpaired) electrons. The van der Waals surface area contributed by atoms with Crippen LogP contribution in [-0.2, 0) is 5.92 Å². The van der Waals surface area contributed by atoms with Crippen LogP contribution in [0.4, 0.5) is 20.3 Å². The summed E-state index contributed by atoms with van der Waals surface area (Å²) in [4.78, 5) is 12.7. The van der Waals surface area contributed by atoms with E-state index in [1.54, 1.807) is 36.5 Å². The number of rotatable bonds is 6. The van der Waals surface area contributed by atoms with Crippen LogP contribution in [0, 0.1) is 0 Å². The normalized spacial score (nSPS) is 11.4. The zero-order valence-electron chi connectivity index (χ0n) is 18.1. The third kappa shape index (κ3) is 4.36. The van der Waals surface area contributed by atoms with Gasteiger partial charge >= 0.3 is 5.92 Å². The van der Waals surface area contributed by atoms with Crippen LogP contribution in [0.25, 0.3) is 17.1 Å². The Bertz CT molecular complexity index is 1470. The molecule has 0 fully saturated rings. The molecule has 0 atom stereocenters. The van der Waals surface area contributed by atoms with Gasteiger partial charge in [-0.3, -0.25) is 4.79 Å². The van der Waals surface area contributed by atoms with Crippen LogP contribution in [0.3, 0.4) is 0 Å². The molecular formula is C25H18F2N6O2. The van der Waals surface area contributed by atoms with E-state index in [4.69, 9.17) is 10.2 Å². The fourth-order valence-electron chi connectivity index (χ4n) is 3.38.